The van der Waals surface area contributed by atoms with Gasteiger partial charge < -0.3 is 0 Å². The van der Waals surface area contributed by atoms with Crippen molar-refractivity contribution >= 4 is 11.6 Å². The highest BCUT2D eigenvalue weighted by Gasteiger charge is 2.09. The normalized spacial score (nSPS) is 10.0. The molecular formula is C13H8ClFN2. The lowest BCUT2D eigenvalue weighted by atomic mass is 10.1. The van der Waals surface area contributed by atoms with Crippen molar-refractivity contribution in [3.8, 4) is 17.3 Å². The molecule has 0 amide bonds. The smallest absolute Gasteiger partial charge is 0.147 e. The fraction of sp³-hybridized carbons (Fsp3) is 0.0769. The van der Waals surface area contributed by atoms with Crippen LogP contribution >= 0.6 is 11.6 Å². The Labute approximate surface area is 103 Å². The Balaban J connectivity index is 2.61. The Morgan fingerprint density at radius 1 is 1.35 bits per heavy atom. The topological polar surface area (TPSA) is 36.7 Å². The molecule has 0 unspecified atom stereocenters. The monoisotopic (exact) mass is 246 g/mol. The van der Waals surface area contributed by atoms with Gasteiger partial charge in [0.2, 0.25) is 0 Å². The minimum Gasteiger partial charge on any atom is -0.234 e. The van der Waals surface area contributed by atoms with Gasteiger partial charge in [0.1, 0.15) is 17.0 Å². The lowest BCUT2D eigenvalue weighted by Crippen LogP contribution is -1.92. The van der Waals surface area contributed by atoms with E-state index in [1.807, 2.05) is 13.0 Å². The number of nitrogens with zero attached hydrogens (tertiary/aromatic N) is 2. The maximum atomic E-state index is 13.1. The predicted molar refractivity (Wildman–Crippen MR) is 64.1 cm³/mol. The van der Waals surface area contributed by atoms with Crippen LogP contribution in [0.1, 0.15) is 11.1 Å². The Morgan fingerprint density at radius 2 is 2.12 bits per heavy atom. The summed E-state index contributed by atoms with van der Waals surface area (Å²) in [4.78, 5) is 4.13. The Morgan fingerprint density at radius 3 is 2.76 bits per heavy atom. The molecule has 84 valence electrons. The van der Waals surface area contributed by atoms with Crippen molar-refractivity contribution in [2.75, 3.05) is 0 Å². The van der Waals surface area contributed by atoms with Crippen molar-refractivity contribution in [3.05, 3.63) is 52.4 Å². The first-order chi connectivity index (χ1) is 8.11. The number of pyridine rings is 1. The van der Waals surface area contributed by atoms with E-state index >= 15 is 0 Å². The molecule has 4 heteroatoms. The molecule has 0 N–H and O–H groups in total. The number of halogens is 2. The van der Waals surface area contributed by atoms with Gasteiger partial charge in [0.25, 0.3) is 0 Å². The van der Waals surface area contributed by atoms with Crippen molar-refractivity contribution in [1.29, 1.82) is 5.26 Å². The van der Waals surface area contributed by atoms with Crippen molar-refractivity contribution in [2.24, 2.45) is 0 Å². The minimum atomic E-state index is -0.329. The van der Waals surface area contributed by atoms with E-state index in [-0.39, 0.29) is 11.0 Å². The fourth-order valence-electron chi connectivity index (χ4n) is 1.60. The summed E-state index contributed by atoms with van der Waals surface area (Å²) in [7, 11) is 0. The first kappa shape index (κ1) is 11.6. The average molecular weight is 247 g/mol. The maximum Gasteiger partial charge on any atom is 0.147 e. The van der Waals surface area contributed by atoms with Crippen molar-refractivity contribution in [2.45, 2.75) is 6.92 Å². The molecule has 0 aliphatic heterocycles. The van der Waals surface area contributed by atoms with Crippen LogP contribution in [0.3, 0.4) is 0 Å². The molecule has 17 heavy (non-hydrogen) atoms. The molecule has 0 saturated heterocycles. The van der Waals surface area contributed by atoms with Gasteiger partial charge in [-0.15, -0.1) is 0 Å². The van der Waals surface area contributed by atoms with E-state index in [1.54, 1.807) is 18.2 Å². The molecule has 1 aromatic carbocycles. The van der Waals surface area contributed by atoms with Gasteiger partial charge in [0.05, 0.1) is 11.3 Å². The summed E-state index contributed by atoms with van der Waals surface area (Å²) < 4.78 is 13.1. The molecule has 1 aromatic heterocycles. The lowest BCUT2D eigenvalue weighted by molar-refractivity contribution is 0.628. The van der Waals surface area contributed by atoms with Crippen LogP contribution in [0.25, 0.3) is 11.3 Å². The Kier molecular flexibility index (Phi) is 3.08. The third kappa shape index (κ3) is 2.27. The summed E-state index contributed by atoms with van der Waals surface area (Å²) in [5, 5.41) is 8.95. The van der Waals surface area contributed by atoms with Crippen LogP contribution in [0, 0.1) is 24.1 Å². The Hall–Kier alpha value is -1.92. The van der Waals surface area contributed by atoms with E-state index in [0.717, 1.165) is 5.56 Å². The molecule has 1 heterocycles. The summed E-state index contributed by atoms with van der Waals surface area (Å²) in [5.41, 5.74) is 2.35. The second-order valence-electron chi connectivity index (χ2n) is 3.61. The summed E-state index contributed by atoms with van der Waals surface area (Å²) in [5.74, 6) is -0.329. The van der Waals surface area contributed by atoms with E-state index in [0.29, 0.717) is 16.8 Å². The standard InChI is InChI=1S/C13H8ClFN2/c1-8-5-10(7-16)13(14)17-12(8)9-3-2-4-11(15)6-9/h2-6H,1H3. The first-order valence-corrected chi connectivity index (χ1v) is 5.33. The number of aromatic nitrogens is 1. The van der Waals surface area contributed by atoms with Crippen molar-refractivity contribution in [3.63, 3.8) is 0 Å². The van der Waals surface area contributed by atoms with Gasteiger partial charge in [-0.2, -0.15) is 5.26 Å². The van der Waals surface area contributed by atoms with Crippen LogP contribution < -0.4 is 0 Å². The first-order valence-electron chi connectivity index (χ1n) is 4.95. The van der Waals surface area contributed by atoms with E-state index in [9.17, 15) is 4.39 Å². The summed E-state index contributed by atoms with van der Waals surface area (Å²) in [6, 6.07) is 9.72. The van der Waals surface area contributed by atoms with Gasteiger partial charge in [0, 0.05) is 5.56 Å². The van der Waals surface area contributed by atoms with E-state index in [4.69, 9.17) is 16.9 Å². The zero-order chi connectivity index (χ0) is 12.4. The highest BCUT2D eigenvalue weighted by molar-refractivity contribution is 6.30. The molecule has 0 atom stereocenters. The summed E-state index contributed by atoms with van der Waals surface area (Å²) in [6.45, 7) is 1.81. The largest absolute Gasteiger partial charge is 0.234 e. The van der Waals surface area contributed by atoms with E-state index in [1.165, 1.54) is 12.1 Å². The van der Waals surface area contributed by atoms with Crippen LogP contribution in [0.5, 0.6) is 0 Å². The number of nitriles is 1. The second kappa shape index (κ2) is 4.52. The van der Waals surface area contributed by atoms with Crippen molar-refractivity contribution in [1.82, 2.24) is 4.98 Å². The molecule has 0 saturated carbocycles. The highest BCUT2D eigenvalue weighted by atomic mass is 35.5. The number of hydrogen-bond donors (Lipinski definition) is 0. The molecule has 0 aliphatic rings. The van der Waals surface area contributed by atoms with Gasteiger partial charge in [-0.3, -0.25) is 0 Å². The predicted octanol–water partition coefficient (Wildman–Crippen LogP) is 3.72. The molecule has 0 aliphatic carbocycles. The molecule has 2 rings (SSSR count). The maximum absolute atomic E-state index is 13.1. The number of hydrogen-bond acceptors (Lipinski definition) is 2. The van der Waals surface area contributed by atoms with Crippen LogP contribution in [0.2, 0.25) is 5.15 Å². The molecule has 0 bridgehead atoms. The van der Waals surface area contributed by atoms with Gasteiger partial charge in [-0.25, -0.2) is 9.37 Å². The zero-order valence-corrected chi connectivity index (χ0v) is 9.79. The van der Waals surface area contributed by atoms with Gasteiger partial charge >= 0.3 is 0 Å². The number of benzene rings is 1. The molecule has 2 nitrogen and oxygen atoms in total. The molecule has 2 aromatic rings. The quantitative estimate of drug-likeness (QED) is 0.719. The summed E-state index contributed by atoms with van der Waals surface area (Å²) >= 11 is 5.86. The second-order valence-corrected chi connectivity index (χ2v) is 3.97. The van der Waals surface area contributed by atoms with Crippen LogP contribution in [-0.4, -0.2) is 4.98 Å². The van der Waals surface area contributed by atoms with Gasteiger partial charge in [0.15, 0.2) is 0 Å². The third-order valence-electron chi connectivity index (χ3n) is 2.39. The number of aryl methyl sites for hydroxylation is 1. The Bertz CT molecular complexity index is 617. The van der Waals surface area contributed by atoms with Crippen molar-refractivity contribution < 1.29 is 4.39 Å². The van der Waals surface area contributed by atoms with E-state index in [2.05, 4.69) is 4.98 Å². The van der Waals surface area contributed by atoms with Gasteiger partial charge in [-0.1, -0.05) is 23.7 Å². The lowest BCUT2D eigenvalue weighted by Gasteiger charge is -2.06. The highest BCUT2D eigenvalue weighted by Crippen LogP contribution is 2.25. The average Bonchev–Trinajstić information content (AvgIpc) is 2.31. The van der Waals surface area contributed by atoms with E-state index < -0.39 is 0 Å². The SMILES string of the molecule is Cc1cc(C#N)c(Cl)nc1-c1cccc(F)c1. The summed E-state index contributed by atoms with van der Waals surface area (Å²) in [6.07, 6.45) is 0. The van der Waals surface area contributed by atoms with Crippen LogP contribution in [0.15, 0.2) is 30.3 Å². The molecule has 0 fully saturated rings. The molecule has 0 radical (unpaired) electrons. The van der Waals surface area contributed by atoms with Gasteiger partial charge in [-0.05, 0) is 30.7 Å². The third-order valence-corrected chi connectivity index (χ3v) is 2.67. The van der Waals surface area contributed by atoms with Crippen LogP contribution in [-0.2, 0) is 0 Å². The zero-order valence-electron chi connectivity index (χ0n) is 9.04. The number of rotatable bonds is 1. The molecule has 0 spiro atoms. The fourth-order valence-corrected chi connectivity index (χ4v) is 1.78. The molecular weight excluding hydrogens is 239 g/mol. The van der Waals surface area contributed by atoms with Crippen LogP contribution in [0.4, 0.5) is 4.39 Å². The minimum absolute atomic E-state index is 0.136.